The number of hydrogen-bond acceptors (Lipinski definition) is 6. The largest absolute Gasteiger partial charge is 0.493 e. The third-order valence-corrected chi connectivity index (χ3v) is 6.53. The number of hydroxylamine groups is 1. The molecule has 5 rings (SSSR count). The highest BCUT2D eigenvalue weighted by Gasteiger charge is 2.19. The van der Waals surface area contributed by atoms with Gasteiger partial charge in [0.2, 0.25) is 5.88 Å². The zero-order valence-electron chi connectivity index (χ0n) is 22.6. The molecule has 0 saturated carbocycles. The van der Waals surface area contributed by atoms with Gasteiger partial charge in [0.05, 0.1) is 17.9 Å². The van der Waals surface area contributed by atoms with Crippen molar-refractivity contribution in [1.82, 2.24) is 14.9 Å². The van der Waals surface area contributed by atoms with Crippen LogP contribution >= 0.6 is 0 Å². The van der Waals surface area contributed by atoms with E-state index in [-0.39, 0.29) is 18.2 Å². The van der Waals surface area contributed by atoms with Crippen molar-refractivity contribution in [1.29, 1.82) is 0 Å². The van der Waals surface area contributed by atoms with Crippen LogP contribution in [0.15, 0.2) is 132 Å². The van der Waals surface area contributed by atoms with E-state index in [4.69, 9.17) is 4.84 Å². The molecule has 0 spiro atoms. The fraction of sp³-hybridized carbons (Fsp3) is 0.121. The zero-order chi connectivity index (χ0) is 28.4. The Bertz CT molecular complexity index is 1590. The van der Waals surface area contributed by atoms with Crippen LogP contribution in [0, 0.1) is 0 Å². The van der Waals surface area contributed by atoms with Gasteiger partial charge in [-0.3, -0.25) is 24.6 Å². The molecule has 0 saturated heterocycles. The summed E-state index contributed by atoms with van der Waals surface area (Å²) in [4.78, 5) is 19.9. The van der Waals surface area contributed by atoms with Crippen molar-refractivity contribution in [2.75, 3.05) is 6.61 Å². The highest BCUT2D eigenvalue weighted by molar-refractivity contribution is 5.95. The molecule has 0 aliphatic carbocycles. The van der Waals surface area contributed by atoms with Crippen molar-refractivity contribution in [3.8, 4) is 5.88 Å². The van der Waals surface area contributed by atoms with Gasteiger partial charge >= 0.3 is 0 Å². The van der Waals surface area contributed by atoms with Crippen LogP contribution in [0.25, 0.3) is 16.6 Å². The molecule has 0 fully saturated rings. The standard InChI is InChI=1S/C33H31N5O3/c1-25(28-17-9-4-10-18-28)36-41-23-31(39)34-35-32-29-19-11-12-20-30(29)38(33(32)40)24-37(21-26-13-5-2-6-14-26)22-27-15-7-3-8-16-27/h2-20,36,40H,1,21-24H2. The summed E-state index contributed by atoms with van der Waals surface area (Å²) in [6, 6.07) is 37.4. The topological polar surface area (TPSA) is 91.5 Å². The van der Waals surface area contributed by atoms with Gasteiger partial charge in [-0.15, -0.1) is 10.2 Å². The summed E-state index contributed by atoms with van der Waals surface area (Å²) in [5, 5.41) is 19.9. The molecule has 206 valence electrons. The molecule has 41 heavy (non-hydrogen) atoms. The summed E-state index contributed by atoms with van der Waals surface area (Å²) < 4.78 is 1.79. The molecule has 0 atom stereocenters. The van der Waals surface area contributed by atoms with Crippen LogP contribution in [0.3, 0.4) is 0 Å². The minimum Gasteiger partial charge on any atom is -0.493 e. The van der Waals surface area contributed by atoms with Crippen molar-refractivity contribution < 1.29 is 14.7 Å². The quantitative estimate of drug-likeness (QED) is 0.133. The average Bonchev–Trinajstić information content (AvgIpc) is 3.27. The first-order valence-electron chi connectivity index (χ1n) is 13.3. The SMILES string of the molecule is C=C(NOCC(=O)N=Nc1c(O)n(CN(Cc2ccccc2)Cc2ccccc2)c2ccccc12)c1ccccc1. The average molecular weight is 546 g/mol. The van der Waals surface area contributed by atoms with Crippen molar-refractivity contribution in [2.24, 2.45) is 10.2 Å². The second kappa shape index (κ2) is 13.3. The van der Waals surface area contributed by atoms with Gasteiger partial charge in [-0.05, 0) is 22.8 Å². The van der Waals surface area contributed by atoms with E-state index in [2.05, 4.69) is 51.5 Å². The van der Waals surface area contributed by atoms with E-state index < -0.39 is 5.91 Å². The molecule has 4 aromatic carbocycles. The van der Waals surface area contributed by atoms with Crippen LogP contribution in [0.1, 0.15) is 16.7 Å². The summed E-state index contributed by atoms with van der Waals surface area (Å²) in [5.74, 6) is -0.672. The molecular weight excluding hydrogens is 514 g/mol. The lowest BCUT2D eigenvalue weighted by molar-refractivity contribution is -0.124. The number of para-hydroxylation sites is 1. The Balaban J connectivity index is 1.33. The Labute approximate surface area is 238 Å². The molecule has 1 aromatic heterocycles. The van der Waals surface area contributed by atoms with Gasteiger partial charge in [0.1, 0.15) is 0 Å². The lowest BCUT2D eigenvalue weighted by Crippen LogP contribution is -2.25. The van der Waals surface area contributed by atoms with Crippen molar-refractivity contribution in [3.63, 3.8) is 0 Å². The van der Waals surface area contributed by atoms with Gasteiger partial charge in [0, 0.05) is 18.5 Å². The number of benzene rings is 4. The first kappa shape index (κ1) is 27.5. The minimum absolute atomic E-state index is 0.0645. The number of carbonyl (C=O) groups is 1. The second-order valence-corrected chi connectivity index (χ2v) is 9.55. The number of aromatic nitrogens is 1. The minimum atomic E-state index is -0.607. The van der Waals surface area contributed by atoms with Crippen LogP contribution in [0.2, 0.25) is 0 Å². The summed E-state index contributed by atoms with van der Waals surface area (Å²) in [7, 11) is 0. The van der Waals surface area contributed by atoms with Crippen LogP contribution in [-0.2, 0) is 29.4 Å². The number of fused-ring (bicyclic) bond motifs is 1. The van der Waals surface area contributed by atoms with Crippen LogP contribution in [-0.4, -0.2) is 27.1 Å². The zero-order valence-corrected chi connectivity index (χ0v) is 22.6. The second-order valence-electron chi connectivity index (χ2n) is 9.55. The predicted octanol–water partition coefficient (Wildman–Crippen LogP) is 6.81. The van der Waals surface area contributed by atoms with Gasteiger partial charge in [-0.2, -0.15) is 0 Å². The molecule has 0 bridgehead atoms. The Morgan fingerprint density at radius 2 is 1.39 bits per heavy atom. The first-order chi connectivity index (χ1) is 20.1. The summed E-state index contributed by atoms with van der Waals surface area (Å²) in [6.07, 6.45) is 0. The maximum absolute atomic E-state index is 12.4. The lowest BCUT2D eigenvalue weighted by Gasteiger charge is -2.24. The monoisotopic (exact) mass is 545 g/mol. The first-order valence-corrected chi connectivity index (χ1v) is 13.3. The molecule has 0 unspecified atom stereocenters. The number of azo groups is 1. The number of nitrogens with zero attached hydrogens (tertiary/aromatic N) is 4. The maximum atomic E-state index is 12.4. The predicted molar refractivity (Wildman–Crippen MR) is 160 cm³/mol. The van der Waals surface area contributed by atoms with E-state index in [1.165, 1.54) is 0 Å². The third-order valence-electron chi connectivity index (χ3n) is 6.53. The number of amides is 1. The summed E-state index contributed by atoms with van der Waals surface area (Å²) >= 11 is 0. The van der Waals surface area contributed by atoms with Crippen molar-refractivity contribution >= 4 is 28.2 Å². The highest BCUT2D eigenvalue weighted by atomic mass is 16.6. The van der Waals surface area contributed by atoms with E-state index in [0.717, 1.165) is 22.2 Å². The fourth-order valence-corrected chi connectivity index (χ4v) is 4.57. The molecule has 0 aliphatic rings. The van der Waals surface area contributed by atoms with Gasteiger partial charge in [-0.25, -0.2) is 0 Å². The van der Waals surface area contributed by atoms with Crippen LogP contribution in [0.5, 0.6) is 5.88 Å². The maximum Gasteiger partial charge on any atom is 0.292 e. The smallest absolute Gasteiger partial charge is 0.292 e. The van der Waals surface area contributed by atoms with E-state index in [1.807, 2.05) is 91.0 Å². The molecule has 8 heteroatoms. The van der Waals surface area contributed by atoms with Gasteiger partial charge in [0.25, 0.3) is 5.91 Å². The molecule has 5 aromatic rings. The number of hydrogen-bond donors (Lipinski definition) is 2. The molecule has 2 N–H and O–H groups in total. The van der Waals surface area contributed by atoms with E-state index >= 15 is 0 Å². The number of nitrogens with one attached hydrogen (secondary N) is 1. The Morgan fingerprint density at radius 3 is 2.02 bits per heavy atom. The highest BCUT2D eigenvalue weighted by Crippen LogP contribution is 2.39. The Hall–Kier alpha value is -5.05. The van der Waals surface area contributed by atoms with Crippen molar-refractivity contribution in [3.05, 3.63) is 139 Å². The molecule has 0 aliphatic heterocycles. The third kappa shape index (κ3) is 7.13. The molecule has 0 radical (unpaired) electrons. The number of aromatic hydroxyl groups is 1. The Morgan fingerprint density at radius 1 is 0.829 bits per heavy atom. The van der Waals surface area contributed by atoms with E-state index in [9.17, 15) is 9.90 Å². The molecule has 8 nitrogen and oxygen atoms in total. The van der Waals surface area contributed by atoms with E-state index in [1.54, 1.807) is 4.57 Å². The van der Waals surface area contributed by atoms with Crippen molar-refractivity contribution in [2.45, 2.75) is 19.8 Å². The van der Waals surface area contributed by atoms with Gasteiger partial charge < -0.3 is 5.11 Å². The molecule has 1 amide bonds. The van der Waals surface area contributed by atoms with Gasteiger partial charge in [0.15, 0.2) is 12.3 Å². The van der Waals surface area contributed by atoms with Gasteiger partial charge in [-0.1, -0.05) is 116 Å². The normalized spacial score (nSPS) is 11.3. The lowest BCUT2D eigenvalue weighted by atomic mass is 10.2. The summed E-state index contributed by atoms with van der Waals surface area (Å²) in [5.41, 5.74) is 7.36. The van der Waals surface area contributed by atoms with Crippen LogP contribution < -0.4 is 5.48 Å². The van der Waals surface area contributed by atoms with Crippen LogP contribution in [0.4, 0.5) is 5.69 Å². The number of carbonyl (C=O) groups excluding carboxylic acids is 1. The molecule has 1 heterocycles. The fourth-order valence-electron chi connectivity index (χ4n) is 4.57. The summed E-state index contributed by atoms with van der Waals surface area (Å²) in [6.45, 7) is 5.30. The molecular formula is C33H31N5O3. The number of rotatable bonds is 12. The Kier molecular flexibility index (Phi) is 8.95. The van der Waals surface area contributed by atoms with E-state index in [0.29, 0.717) is 30.8 Å².